The molecule has 108 valence electrons. The summed E-state index contributed by atoms with van der Waals surface area (Å²) in [5.74, 6) is 0.541. The molecule has 0 bridgehead atoms. The molecule has 1 N–H and O–H groups in total. The van der Waals surface area contributed by atoms with Crippen molar-refractivity contribution >= 4 is 5.97 Å². The fraction of sp³-hybridized carbons (Fsp3) is 0.235. The molecule has 0 aromatic heterocycles. The van der Waals surface area contributed by atoms with Gasteiger partial charge in [0, 0.05) is 11.5 Å². The lowest BCUT2D eigenvalue weighted by atomic mass is 9.88. The van der Waals surface area contributed by atoms with E-state index in [4.69, 9.17) is 9.47 Å². The summed E-state index contributed by atoms with van der Waals surface area (Å²) in [5, 5.41) is 9.17. The summed E-state index contributed by atoms with van der Waals surface area (Å²) < 4.78 is 11.1. The summed E-state index contributed by atoms with van der Waals surface area (Å²) in [6.45, 7) is 0. The lowest BCUT2D eigenvalue weighted by Crippen LogP contribution is -2.13. The van der Waals surface area contributed by atoms with Crippen molar-refractivity contribution in [1.29, 1.82) is 0 Å². The molecule has 3 rings (SSSR count). The molecule has 4 nitrogen and oxygen atoms in total. The number of fused-ring (bicyclic) bond motifs is 1. The van der Waals surface area contributed by atoms with Crippen LogP contribution in [-0.4, -0.2) is 18.2 Å². The van der Waals surface area contributed by atoms with Gasteiger partial charge in [-0.25, -0.2) is 0 Å². The molecular weight excluding hydrogens is 268 g/mol. The third-order valence-electron chi connectivity index (χ3n) is 3.78. The number of ether oxygens (including phenoxy) is 2. The van der Waals surface area contributed by atoms with Gasteiger partial charge < -0.3 is 14.6 Å². The Morgan fingerprint density at radius 3 is 2.57 bits per heavy atom. The second kappa shape index (κ2) is 5.48. The molecule has 0 amide bonds. The fourth-order valence-corrected chi connectivity index (χ4v) is 2.78. The largest absolute Gasteiger partial charge is 0.497 e. The first-order chi connectivity index (χ1) is 10.2. The van der Waals surface area contributed by atoms with Crippen molar-refractivity contribution in [2.24, 2.45) is 0 Å². The molecule has 0 saturated carbocycles. The van der Waals surface area contributed by atoms with Crippen molar-refractivity contribution in [3.05, 3.63) is 59.7 Å². The molecule has 2 aromatic rings. The Labute approximate surface area is 122 Å². The standard InChI is InChI=1S/C17H16O4/c1-20-12-8-6-11(7-9-12)17-14(10-16(18)19)13-4-2-3-5-15(13)21-17/h2-9,14,17H,10H2,1H3,(H,18,19). The van der Waals surface area contributed by atoms with Gasteiger partial charge in [-0.2, -0.15) is 0 Å². The van der Waals surface area contributed by atoms with Gasteiger partial charge in [0.25, 0.3) is 0 Å². The van der Waals surface area contributed by atoms with Gasteiger partial charge in [-0.3, -0.25) is 4.79 Å². The van der Waals surface area contributed by atoms with E-state index in [2.05, 4.69) is 0 Å². The summed E-state index contributed by atoms with van der Waals surface area (Å²) in [6, 6.07) is 15.2. The number of methoxy groups -OCH3 is 1. The van der Waals surface area contributed by atoms with Crippen LogP contribution in [0.25, 0.3) is 0 Å². The second-order valence-corrected chi connectivity index (χ2v) is 5.05. The molecule has 0 saturated heterocycles. The highest BCUT2D eigenvalue weighted by molar-refractivity contribution is 5.69. The molecule has 0 radical (unpaired) electrons. The third-order valence-corrected chi connectivity index (χ3v) is 3.78. The van der Waals surface area contributed by atoms with Crippen LogP contribution in [0, 0.1) is 0 Å². The number of aliphatic carboxylic acids is 1. The van der Waals surface area contributed by atoms with Crippen molar-refractivity contribution in [3.8, 4) is 11.5 Å². The molecule has 1 aliphatic rings. The van der Waals surface area contributed by atoms with E-state index in [0.29, 0.717) is 0 Å². The lowest BCUT2D eigenvalue weighted by molar-refractivity contribution is -0.137. The Morgan fingerprint density at radius 2 is 1.90 bits per heavy atom. The van der Waals surface area contributed by atoms with Crippen LogP contribution in [0.4, 0.5) is 0 Å². The van der Waals surface area contributed by atoms with E-state index in [9.17, 15) is 9.90 Å². The average Bonchev–Trinajstić information content (AvgIpc) is 2.86. The number of para-hydroxylation sites is 1. The Hall–Kier alpha value is -2.49. The van der Waals surface area contributed by atoms with Crippen LogP contribution in [0.3, 0.4) is 0 Å². The van der Waals surface area contributed by atoms with Crippen molar-refractivity contribution in [2.45, 2.75) is 18.4 Å². The number of rotatable bonds is 4. The highest BCUT2D eigenvalue weighted by atomic mass is 16.5. The number of carboxylic acids is 1. The van der Waals surface area contributed by atoms with E-state index in [1.165, 1.54) is 0 Å². The lowest BCUT2D eigenvalue weighted by Gasteiger charge is -2.18. The predicted molar refractivity (Wildman–Crippen MR) is 77.8 cm³/mol. The van der Waals surface area contributed by atoms with Crippen LogP contribution in [0.1, 0.15) is 29.6 Å². The maximum absolute atomic E-state index is 11.2. The number of hydrogen-bond acceptors (Lipinski definition) is 3. The monoisotopic (exact) mass is 284 g/mol. The SMILES string of the molecule is COc1ccc(C2Oc3ccccc3C2CC(=O)O)cc1. The van der Waals surface area contributed by atoms with Gasteiger partial charge in [-0.1, -0.05) is 30.3 Å². The molecule has 4 heteroatoms. The summed E-state index contributed by atoms with van der Waals surface area (Å²) in [5.41, 5.74) is 1.92. The summed E-state index contributed by atoms with van der Waals surface area (Å²) in [6.07, 6.45) is -0.224. The van der Waals surface area contributed by atoms with Crippen LogP contribution in [0.15, 0.2) is 48.5 Å². The average molecular weight is 284 g/mol. The molecular formula is C17H16O4. The normalized spacial score (nSPS) is 19.7. The van der Waals surface area contributed by atoms with Crippen molar-refractivity contribution < 1.29 is 19.4 Å². The second-order valence-electron chi connectivity index (χ2n) is 5.05. The maximum atomic E-state index is 11.2. The number of carbonyl (C=O) groups is 1. The van der Waals surface area contributed by atoms with Gasteiger partial charge in [0.1, 0.15) is 17.6 Å². The van der Waals surface area contributed by atoms with E-state index in [1.54, 1.807) is 7.11 Å². The molecule has 21 heavy (non-hydrogen) atoms. The highest BCUT2D eigenvalue weighted by Crippen LogP contribution is 2.47. The molecule has 2 unspecified atom stereocenters. The van der Waals surface area contributed by atoms with Crippen LogP contribution >= 0.6 is 0 Å². The Balaban J connectivity index is 1.95. The van der Waals surface area contributed by atoms with Crippen molar-refractivity contribution in [1.82, 2.24) is 0 Å². The minimum Gasteiger partial charge on any atom is -0.497 e. The van der Waals surface area contributed by atoms with Crippen LogP contribution in [0.5, 0.6) is 11.5 Å². The zero-order valence-electron chi connectivity index (χ0n) is 11.7. The summed E-state index contributed by atoms with van der Waals surface area (Å²) in [7, 11) is 1.62. The van der Waals surface area contributed by atoms with Gasteiger partial charge in [-0.05, 0) is 23.8 Å². The minimum atomic E-state index is -0.821. The zero-order valence-corrected chi connectivity index (χ0v) is 11.7. The van der Waals surface area contributed by atoms with E-state index in [0.717, 1.165) is 22.6 Å². The van der Waals surface area contributed by atoms with E-state index >= 15 is 0 Å². The fourth-order valence-electron chi connectivity index (χ4n) is 2.78. The number of hydrogen-bond donors (Lipinski definition) is 1. The smallest absolute Gasteiger partial charge is 0.304 e. The maximum Gasteiger partial charge on any atom is 0.304 e. The third kappa shape index (κ3) is 2.57. The van der Waals surface area contributed by atoms with Crippen molar-refractivity contribution in [3.63, 3.8) is 0 Å². The van der Waals surface area contributed by atoms with Crippen LogP contribution < -0.4 is 9.47 Å². The molecule has 2 atom stereocenters. The molecule has 2 aromatic carbocycles. The molecule has 0 aliphatic carbocycles. The van der Waals surface area contributed by atoms with Gasteiger partial charge in [-0.15, -0.1) is 0 Å². The quantitative estimate of drug-likeness (QED) is 0.935. The molecule has 1 aliphatic heterocycles. The van der Waals surface area contributed by atoms with Crippen LogP contribution in [-0.2, 0) is 4.79 Å². The van der Waals surface area contributed by atoms with E-state index in [1.807, 2.05) is 48.5 Å². The van der Waals surface area contributed by atoms with Gasteiger partial charge in [0.2, 0.25) is 0 Å². The topological polar surface area (TPSA) is 55.8 Å². The number of benzene rings is 2. The van der Waals surface area contributed by atoms with Gasteiger partial charge in [0.05, 0.1) is 13.5 Å². The molecule has 1 heterocycles. The number of carboxylic acid groups (broad SMARTS) is 1. The Morgan fingerprint density at radius 1 is 1.19 bits per heavy atom. The predicted octanol–water partition coefficient (Wildman–Crippen LogP) is 3.39. The Bertz CT molecular complexity index is 648. The highest BCUT2D eigenvalue weighted by Gasteiger charge is 2.36. The van der Waals surface area contributed by atoms with E-state index in [-0.39, 0.29) is 18.4 Å². The zero-order chi connectivity index (χ0) is 14.8. The Kier molecular flexibility index (Phi) is 3.52. The van der Waals surface area contributed by atoms with Crippen molar-refractivity contribution in [2.75, 3.05) is 7.11 Å². The first-order valence-corrected chi connectivity index (χ1v) is 6.80. The minimum absolute atomic E-state index is 0.0493. The van der Waals surface area contributed by atoms with Gasteiger partial charge >= 0.3 is 5.97 Å². The summed E-state index contributed by atoms with van der Waals surface area (Å²) in [4.78, 5) is 11.2. The molecule has 0 fully saturated rings. The van der Waals surface area contributed by atoms with Gasteiger partial charge in [0.15, 0.2) is 0 Å². The molecule has 0 spiro atoms. The van der Waals surface area contributed by atoms with Crippen LogP contribution in [0.2, 0.25) is 0 Å². The first kappa shape index (κ1) is 13.5. The summed E-state index contributed by atoms with van der Waals surface area (Å²) >= 11 is 0. The van der Waals surface area contributed by atoms with E-state index < -0.39 is 5.97 Å². The first-order valence-electron chi connectivity index (χ1n) is 6.80.